The van der Waals surface area contributed by atoms with Crippen LogP contribution in [-0.2, 0) is 11.2 Å². The third-order valence-electron chi connectivity index (χ3n) is 2.71. The summed E-state index contributed by atoms with van der Waals surface area (Å²) in [5, 5.41) is 6.64. The van der Waals surface area contributed by atoms with E-state index in [4.69, 9.17) is 4.74 Å². The maximum atomic E-state index is 5.13. The van der Waals surface area contributed by atoms with Crippen LogP contribution >= 0.6 is 0 Å². The molecule has 1 unspecified atom stereocenters. The molecular weight excluding hydrogens is 228 g/mol. The summed E-state index contributed by atoms with van der Waals surface area (Å²) in [6.45, 7) is 8.79. The Kier molecular flexibility index (Phi) is 6.43. The molecule has 0 aromatic carbocycles. The Hall–Kier alpha value is -1.36. The molecular formula is C13H24N4O. The molecule has 102 valence electrons. The fraction of sp³-hybridized carbons (Fsp3) is 0.692. The second-order valence-corrected chi connectivity index (χ2v) is 4.37. The highest BCUT2D eigenvalue weighted by atomic mass is 16.5. The molecule has 2 N–H and O–H groups in total. The molecule has 1 heterocycles. The normalized spacial score (nSPS) is 12.2. The van der Waals surface area contributed by atoms with Crippen molar-refractivity contribution in [3.63, 3.8) is 0 Å². The van der Waals surface area contributed by atoms with E-state index in [-0.39, 0.29) is 0 Å². The maximum Gasteiger partial charge on any atom is 0.134 e. The van der Waals surface area contributed by atoms with Gasteiger partial charge in [0, 0.05) is 25.8 Å². The number of anilines is 2. The van der Waals surface area contributed by atoms with Crippen molar-refractivity contribution >= 4 is 11.6 Å². The summed E-state index contributed by atoms with van der Waals surface area (Å²) in [4.78, 5) is 8.60. The van der Waals surface area contributed by atoms with Crippen molar-refractivity contribution in [2.75, 3.05) is 37.4 Å². The number of nitrogens with zero attached hydrogens (tertiary/aromatic N) is 2. The van der Waals surface area contributed by atoms with Gasteiger partial charge in [-0.15, -0.1) is 0 Å². The van der Waals surface area contributed by atoms with Crippen LogP contribution in [0.5, 0.6) is 0 Å². The Labute approximate surface area is 109 Å². The van der Waals surface area contributed by atoms with E-state index in [9.17, 15) is 0 Å². The van der Waals surface area contributed by atoms with Gasteiger partial charge in [-0.1, -0.05) is 13.8 Å². The fourth-order valence-electron chi connectivity index (χ4n) is 1.83. The third kappa shape index (κ3) is 4.14. The molecule has 1 rings (SSSR count). The average molecular weight is 252 g/mol. The summed E-state index contributed by atoms with van der Waals surface area (Å²) in [7, 11) is 1.72. The van der Waals surface area contributed by atoms with Gasteiger partial charge in [0.2, 0.25) is 0 Å². The third-order valence-corrected chi connectivity index (χ3v) is 2.71. The predicted molar refractivity (Wildman–Crippen MR) is 75.1 cm³/mol. The molecule has 0 aliphatic heterocycles. The first-order valence-corrected chi connectivity index (χ1v) is 6.53. The minimum Gasteiger partial charge on any atom is -0.384 e. The summed E-state index contributed by atoms with van der Waals surface area (Å²) in [5.74, 6) is 2.31. The molecule has 0 saturated carbocycles. The number of hydrogen-bond donors (Lipinski definition) is 2. The van der Waals surface area contributed by atoms with Gasteiger partial charge in [0.05, 0.1) is 6.61 Å². The number of hydrogen-bond acceptors (Lipinski definition) is 5. The fourth-order valence-corrected chi connectivity index (χ4v) is 1.83. The van der Waals surface area contributed by atoms with E-state index in [1.54, 1.807) is 13.4 Å². The van der Waals surface area contributed by atoms with Gasteiger partial charge >= 0.3 is 0 Å². The molecule has 0 bridgehead atoms. The lowest BCUT2D eigenvalue weighted by molar-refractivity contribution is 0.164. The average Bonchev–Trinajstić information content (AvgIpc) is 2.37. The number of aromatic nitrogens is 2. The van der Waals surface area contributed by atoms with E-state index in [0.29, 0.717) is 5.92 Å². The van der Waals surface area contributed by atoms with Crippen LogP contribution in [0.4, 0.5) is 11.6 Å². The standard InChI is InChI=1S/C13H24N4O/c1-5-11-12(14-6-2)16-9-17-13(11)15-7-10(3)8-18-4/h9-10H,5-8H2,1-4H3,(H2,14,15,16,17). The summed E-state index contributed by atoms with van der Waals surface area (Å²) in [6, 6.07) is 0. The molecule has 1 aromatic heterocycles. The van der Waals surface area contributed by atoms with Crippen LogP contribution in [0.1, 0.15) is 26.3 Å². The summed E-state index contributed by atoms with van der Waals surface area (Å²) in [5.41, 5.74) is 1.14. The lowest BCUT2D eigenvalue weighted by Crippen LogP contribution is -2.18. The summed E-state index contributed by atoms with van der Waals surface area (Å²) in [6.07, 6.45) is 2.50. The molecule has 5 heteroatoms. The van der Waals surface area contributed by atoms with Gasteiger partial charge in [0.15, 0.2) is 0 Å². The molecule has 1 atom stereocenters. The molecule has 0 aliphatic carbocycles. The quantitative estimate of drug-likeness (QED) is 0.742. The zero-order valence-corrected chi connectivity index (χ0v) is 11.8. The SMILES string of the molecule is CCNc1ncnc(NCC(C)COC)c1CC. The minimum atomic E-state index is 0.456. The van der Waals surface area contributed by atoms with Crippen LogP contribution in [0.25, 0.3) is 0 Å². The monoisotopic (exact) mass is 252 g/mol. The Bertz CT molecular complexity index is 357. The molecule has 0 fully saturated rings. The Morgan fingerprint density at radius 1 is 1.22 bits per heavy atom. The lowest BCUT2D eigenvalue weighted by atomic mass is 10.1. The van der Waals surface area contributed by atoms with Crippen LogP contribution in [0, 0.1) is 5.92 Å². The van der Waals surface area contributed by atoms with Gasteiger partial charge in [0.1, 0.15) is 18.0 Å². The maximum absolute atomic E-state index is 5.13. The largest absolute Gasteiger partial charge is 0.384 e. The van der Waals surface area contributed by atoms with Crippen LogP contribution in [0.3, 0.4) is 0 Å². The van der Waals surface area contributed by atoms with Gasteiger partial charge in [-0.05, 0) is 19.3 Å². The summed E-state index contributed by atoms with van der Waals surface area (Å²) < 4.78 is 5.13. The molecule has 0 aliphatic rings. The van der Waals surface area contributed by atoms with Crippen LogP contribution < -0.4 is 10.6 Å². The molecule has 0 saturated heterocycles. The Morgan fingerprint density at radius 3 is 2.44 bits per heavy atom. The topological polar surface area (TPSA) is 59.1 Å². The second kappa shape index (κ2) is 7.87. The lowest BCUT2D eigenvalue weighted by Gasteiger charge is -2.16. The molecule has 18 heavy (non-hydrogen) atoms. The highest BCUT2D eigenvalue weighted by Crippen LogP contribution is 2.20. The molecule has 0 radical (unpaired) electrons. The zero-order valence-electron chi connectivity index (χ0n) is 11.8. The molecule has 1 aromatic rings. The first-order chi connectivity index (χ1) is 8.72. The van der Waals surface area contributed by atoms with Crippen LogP contribution in [0.2, 0.25) is 0 Å². The van der Waals surface area contributed by atoms with Gasteiger partial charge in [-0.2, -0.15) is 0 Å². The second-order valence-electron chi connectivity index (χ2n) is 4.37. The highest BCUT2D eigenvalue weighted by Gasteiger charge is 2.10. The number of ether oxygens (including phenoxy) is 1. The van der Waals surface area contributed by atoms with E-state index >= 15 is 0 Å². The molecule has 0 spiro atoms. The number of methoxy groups -OCH3 is 1. The van der Waals surface area contributed by atoms with Gasteiger partial charge in [-0.25, -0.2) is 9.97 Å². The highest BCUT2D eigenvalue weighted by molar-refractivity contribution is 5.57. The van der Waals surface area contributed by atoms with E-state index in [1.807, 2.05) is 0 Å². The molecule has 0 amide bonds. The van der Waals surface area contributed by atoms with Crippen molar-refractivity contribution in [1.82, 2.24) is 9.97 Å². The van der Waals surface area contributed by atoms with Crippen molar-refractivity contribution in [3.05, 3.63) is 11.9 Å². The van der Waals surface area contributed by atoms with Crippen molar-refractivity contribution in [2.45, 2.75) is 27.2 Å². The number of rotatable bonds is 8. The van der Waals surface area contributed by atoms with Crippen LogP contribution in [-0.4, -0.2) is 36.8 Å². The Balaban J connectivity index is 2.72. The molecule has 5 nitrogen and oxygen atoms in total. The van der Waals surface area contributed by atoms with Gasteiger partial charge in [0.25, 0.3) is 0 Å². The first-order valence-electron chi connectivity index (χ1n) is 6.53. The van der Waals surface area contributed by atoms with E-state index in [2.05, 4.69) is 41.4 Å². The smallest absolute Gasteiger partial charge is 0.134 e. The van der Waals surface area contributed by atoms with Crippen molar-refractivity contribution in [3.8, 4) is 0 Å². The van der Waals surface area contributed by atoms with E-state index in [0.717, 1.165) is 43.3 Å². The van der Waals surface area contributed by atoms with Crippen molar-refractivity contribution in [2.24, 2.45) is 5.92 Å². The van der Waals surface area contributed by atoms with E-state index in [1.165, 1.54) is 0 Å². The minimum absolute atomic E-state index is 0.456. The predicted octanol–water partition coefficient (Wildman–Crippen LogP) is 2.17. The van der Waals surface area contributed by atoms with E-state index < -0.39 is 0 Å². The number of nitrogens with one attached hydrogen (secondary N) is 2. The van der Waals surface area contributed by atoms with Gasteiger partial charge in [-0.3, -0.25) is 0 Å². The van der Waals surface area contributed by atoms with Gasteiger partial charge < -0.3 is 15.4 Å². The zero-order chi connectivity index (χ0) is 13.4. The van der Waals surface area contributed by atoms with Crippen molar-refractivity contribution in [1.29, 1.82) is 0 Å². The first kappa shape index (κ1) is 14.7. The summed E-state index contributed by atoms with van der Waals surface area (Å²) >= 11 is 0. The van der Waals surface area contributed by atoms with Crippen molar-refractivity contribution < 1.29 is 4.74 Å². The Morgan fingerprint density at radius 2 is 1.89 bits per heavy atom. The van der Waals surface area contributed by atoms with Crippen LogP contribution in [0.15, 0.2) is 6.33 Å².